The number of carbonyl (C=O) groups excluding carboxylic acids is 2. The van der Waals surface area contributed by atoms with Crippen LogP contribution in [0.25, 0.3) is 43.6 Å². The highest BCUT2D eigenvalue weighted by molar-refractivity contribution is 7.15. The number of halogens is 1. The maximum absolute atomic E-state index is 12.7. The molecule has 7 nitrogen and oxygen atoms in total. The quantitative estimate of drug-likeness (QED) is 0.155. The number of hydrogen-bond donors (Lipinski definition) is 2. The van der Waals surface area contributed by atoms with E-state index in [0.717, 1.165) is 67.2 Å². The van der Waals surface area contributed by atoms with Crippen molar-refractivity contribution in [3.05, 3.63) is 64.3 Å². The normalized spacial score (nSPS) is 14.0. The van der Waals surface area contributed by atoms with Gasteiger partial charge in [0.05, 0.1) is 50.8 Å². The Morgan fingerprint density at radius 1 is 1.05 bits per heavy atom. The fourth-order valence-corrected chi connectivity index (χ4v) is 7.06. The summed E-state index contributed by atoms with van der Waals surface area (Å²) in [5.41, 5.74) is 7.62. The number of amides is 1. The molecule has 0 spiro atoms. The molecule has 1 aliphatic rings. The van der Waals surface area contributed by atoms with Crippen molar-refractivity contribution in [1.82, 2.24) is 15.0 Å². The Kier molecular flexibility index (Phi) is 7.53. The zero-order valence-electron chi connectivity index (χ0n) is 23.3. The Hall–Kier alpha value is -3.75. The molecule has 0 radical (unpaired) electrons. The molecule has 9 heteroatoms. The minimum absolute atomic E-state index is 0.161. The molecule has 0 saturated heterocycles. The minimum atomic E-state index is -0.378. The van der Waals surface area contributed by atoms with Gasteiger partial charge in [0.25, 0.3) is 0 Å². The van der Waals surface area contributed by atoms with E-state index < -0.39 is 0 Å². The van der Waals surface area contributed by atoms with Crippen LogP contribution in [0.4, 0.5) is 5.69 Å². The number of H-pyrrole nitrogens is 1. The summed E-state index contributed by atoms with van der Waals surface area (Å²) in [6, 6.07) is 13.7. The van der Waals surface area contributed by atoms with Gasteiger partial charge in [-0.25, -0.2) is 14.8 Å². The Morgan fingerprint density at radius 2 is 1.83 bits per heavy atom. The number of alkyl halides is 1. The third-order valence-corrected chi connectivity index (χ3v) is 9.27. The number of thiazole rings is 1. The molecule has 0 unspecified atom stereocenters. The molecule has 1 amide bonds. The van der Waals surface area contributed by atoms with Gasteiger partial charge in [-0.3, -0.25) is 4.79 Å². The van der Waals surface area contributed by atoms with Gasteiger partial charge in [0.15, 0.2) is 0 Å². The first-order chi connectivity index (χ1) is 19.9. The monoisotopic (exact) mass is 586 g/mol. The van der Waals surface area contributed by atoms with Gasteiger partial charge < -0.3 is 15.0 Å². The summed E-state index contributed by atoms with van der Waals surface area (Å²) in [6.07, 6.45) is 5.77. The second-order valence-corrected chi connectivity index (χ2v) is 12.1. The van der Waals surface area contributed by atoms with E-state index in [1.807, 2.05) is 56.3 Å². The number of esters is 1. The van der Waals surface area contributed by atoms with E-state index in [0.29, 0.717) is 17.2 Å². The predicted octanol–water partition coefficient (Wildman–Crippen LogP) is 8.14. The van der Waals surface area contributed by atoms with Gasteiger partial charge in [0.2, 0.25) is 5.91 Å². The summed E-state index contributed by atoms with van der Waals surface area (Å²) in [6.45, 7) is 3.99. The van der Waals surface area contributed by atoms with E-state index in [1.165, 1.54) is 31.9 Å². The molecule has 0 aliphatic heterocycles. The van der Waals surface area contributed by atoms with E-state index >= 15 is 0 Å². The number of ether oxygens (including phenoxy) is 1. The zero-order valence-corrected chi connectivity index (χ0v) is 24.8. The van der Waals surface area contributed by atoms with Crippen LogP contribution in [0.5, 0.6) is 0 Å². The molecule has 6 rings (SSSR count). The fraction of sp³-hybridized carbons (Fsp3) is 0.312. The van der Waals surface area contributed by atoms with Crippen LogP contribution in [0.15, 0.2) is 42.5 Å². The summed E-state index contributed by atoms with van der Waals surface area (Å²) in [7, 11) is 1.39. The highest BCUT2D eigenvalue weighted by Crippen LogP contribution is 2.45. The van der Waals surface area contributed by atoms with Crippen molar-refractivity contribution in [3.8, 4) is 21.8 Å². The van der Waals surface area contributed by atoms with Crippen molar-refractivity contribution in [2.24, 2.45) is 0 Å². The van der Waals surface area contributed by atoms with E-state index in [-0.39, 0.29) is 17.8 Å². The van der Waals surface area contributed by atoms with E-state index in [9.17, 15) is 9.59 Å². The van der Waals surface area contributed by atoms with Gasteiger partial charge in [-0.05, 0) is 74.6 Å². The number of pyridine rings is 1. The summed E-state index contributed by atoms with van der Waals surface area (Å²) in [4.78, 5) is 39.2. The number of nitrogens with one attached hydrogen (secondary N) is 2. The van der Waals surface area contributed by atoms with Crippen LogP contribution in [0.3, 0.4) is 0 Å². The van der Waals surface area contributed by atoms with Gasteiger partial charge >= 0.3 is 5.97 Å². The van der Waals surface area contributed by atoms with Crippen LogP contribution in [0.1, 0.15) is 64.6 Å². The fourth-order valence-electron chi connectivity index (χ4n) is 6.11. The summed E-state index contributed by atoms with van der Waals surface area (Å²) >= 11 is 7.59. The molecule has 5 aromatic rings. The second kappa shape index (κ2) is 11.3. The van der Waals surface area contributed by atoms with Crippen LogP contribution < -0.4 is 5.32 Å². The lowest BCUT2D eigenvalue weighted by molar-refractivity contribution is -0.113. The zero-order chi connectivity index (χ0) is 28.7. The molecule has 1 aliphatic carbocycles. The van der Waals surface area contributed by atoms with Gasteiger partial charge in [0.1, 0.15) is 5.88 Å². The number of rotatable bonds is 6. The number of aromatic amines is 1. The number of aromatic nitrogens is 3. The standard InChI is InChI=1S/C32H31ClN4O3S/c1-17-31(41-18(2)34-17)25-14-11-22-24(35-25)13-12-23(29(22)37-27(38)16-33)30-28(19-7-5-4-6-8-19)21-10-9-20(32(39)40-3)15-26(21)36-30/h9-15,19,36H,4-8,16H2,1-3H3,(H,37,38). The maximum atomic E-state index is 12.7. The summed E-state index contributed by atoms with van der Waals surface area (Å²) in [5.74, 6) is -0.467. The predicted molar refractivity (Wildman–Crippen MR) is 166 cm³/mol. The second-order valence-electron chi connectivity index (χ2n) is 10.6. The maximum Gasteiger partial charge on any atom is 0.337 e. The molecule has 2 N–H and O–H groups in total. The number of aryl methyl sites for hydroxylation is 2. The smallest absolute Gasteiger partial charge is 0.337 e. The molecule has 2 aromatic carbocycles. The molecule has 1 saturated carbocycles. The van der Waals surface area contributed by atoms with Gasteiger partial charge in [-0.2, -0.15) is 0 Å². The number of benzene rings is 2. The number of anilines is 1. The highest BCUT2D eigenvalue weighted by Gasteiger charge is 2.26. The molecule has 3 heterocycles. The largest absolute Gasteiger partial charge is 0.465 e. The van der Waals surface area contributed by atoms with E-state index in [4.69, 9.17) is 21.3 Å². The van der Waals surface area contributed by atoms with Crippen molar-refractivity contribution in [2.75, 3.05) is 18.3 Å². The SMILES string of the molecule is COC(=O)c1ccc2c(C3CCCCC3)c(-c3ccc4nc(-c5sc(C)nc5C)ccc4c3NC(=O)CCl)[nH]c2c1. The number of fused-ring (bicyclic) bond motifs is 2. The Bertz CT molecular complexity index is 1800. The van der Waals surface area contributed by atoms with Gasteiger partial charge in [0, 0.05) is 21.9 Å². The summed E-state index contributed by atoms with van der Waals surface area (Å²) in [5, 5.41) is 5.98. The first kappa shape index (κ1) is 27.4. The molecule has 210 valence electrons. The Labute approximate surface area is 247 Å². The highest BCUT2D eigenvalue weighted by atomic mass is 35.5. The summed E-state index contributed by atoms with van der Waals surface area (Å²) < 4.78 is 4.97. The third kappa shape index (κ3) is 5.11. The van der Waals surface area contributed by atoms with Crippen LogP contribution in [-0.4, -0.2) is 39.8 Å². The number of hydrogen-bond acceptors (Lipinski definition) is 6. The molecule has 1 fully saturated rings. The molecule has 0 bridgehead atoms. The van der Waals surface area contributed by atoms with Crippen molar-refractivity contribution in [3.63, 3.8) is 0 Å². The average Bonchev–Trinajstić information content (AvgIpc) is 3.55. The van der Waals surface area contributed by atoms with Crippen molar-refractivity contribution in [1.29, 1.82) is 0 Å². The van der Waals surface area contributed by atoms with E-state index in [1.54, 1.807) is 11.3 Å². The van der Waals surface area contributed by atoms with Crippen molar-refractivity contribution in [2.45, 2.75) is 51.9 Å². The first-order valence-corrected chi connectivity index (χ1v) is 15.2. The van der Waals surface area contributed by atoms with Crippen molar-refractivity contribution >= 4 is 62.3 Å². The van der Waals surface area contributed by atoms with E-state index in [2.05, 4.69) is 15.3 Å². The van der Waals surface area contributed by atoms with Gasteiger partial charge in [-0.15, -0.1) is 22.9 Å². The van der Waals surface area contributed by atoms with Crippen LogP contribution in [-0.2, 0) is 9.53 Å². The first-order valence-electron chi connectivity index (χ1n) is 13.9. The molecule has 0 atom stereocenters. The number of nitrogens with zero attached hydrogens (tertiary/aromatic N) is 2. The third-order valence-electron chi connectivity index (χ3n) is 7.94. The Balaban J connectivity index is 1.58. The molecule has 41 heavy (non-hydrogen) atoms. The topological polar surface area (TPSA) is 97.0 Å². The minimum Gasteiger partial charge on any atom is -0.465 e. The molecular weight excluding hydrogens is 556 g/mol. The van der Waals surface area contributed by atoms with Crippen LogP contribution >= 0.6 is 22.9 Å². The lowest BCUT2D eigenvalue weighted by atomic mass is 9.81. The number of carbonyl (C=O) groups is 2. The number of methoxy groups -OCH3 is 1. The molecule has 3 aromatic heterocycles. The average molecular weight is 587 g/mol. The van der Waals surface area contributed by atoms with Crippen LogP contribution in [0.2, 0.25) is 0 Å². The van der Waals surface area contributed by atoms with Crippen molar-refractivity contribution < 1.29 is 14.3 Å². The van der Waals surface area contributed by atoms with Gasteiger partial charge in [-0.1, -0.05) is 25.3 Å². The Morgan fingerprint density at radius 3 is 2.54 bits per heavy atom. The lowest BCUT2D eigenvalue weighted by Gasteiger charge is -2.24. The lowest BCUT2D eigenvalue weighted by Crippen LogP contribution is -2.14. The molecular formula is C32H31ClN4O3S. The van der Waals surface area contributed by atoms with Crippen LogP contribution in [0, 0.1) is 13.8 Å².